The summed E-state index contributed by atoms with van der Waals surface area (Å²) >= 11 is 0. The Morgan fingerprint density at radius 2 is 1.72 bits per heavy atom. The van der Waals surface area contributed by atoms with Crippen LogP contribution in [0.4, 0.5) is 18.0 Å². The molecule has 0 radical (unpaired) electrons. The van der Waals surface area contributed by atoms with E-state index in [0.717, 1.165) is 12.1 Å². The molecule has 0 aliphatic heterocycles. The molecule has 1 N–H and O–H groups in total. The molecule has 0 aliphatic rings. The fourth-order valence-corrected chi connectivity index (χ4v) is 2.76. The molecule has 0 heterocycles. The van der Waals surface area contributed by atoms with Crippen molar-refractivity contribution in [3.63, 3.8) is 0 Å². The van der Waals surface area contributed by atoms with Crippen molar-refractivity contribution in [3.05, 3.63) is 70.8 Å². The first-order valence-corrected chi connectivity index (χ1v) is 9.69. The SMILES string of the molecule is CC(C)(C)OC(=O)N[C@H](Cc1ccc(C#N)c(C(F)(F)F)c1)C(=O)OCc1ccccc1. The van der Waals surface area contributed by atoms with Gasteiger partial charge in [0.1, 0.15) is 18.2 Å². The van der Waals surface area contributed by atoms with E-state index < -0.39 is 41.0 Å². The van der Waals surface area contributed by atoms with Crippen LogP contribution in [0.2, 0.25) is 0 Å². The molecule has 0 unspecified atom stereocenters. The van der Waals surface area contributed by atoms with E-state index in [1.165, 1.54) is 12.1 Å². The standard InChI is InChI=1S/C23H23F3N2O4/c1-22(2,3)32-21(30)28-19(20(29)31-14-15-7-5-4-6-8-15)12-16-9-10-17(13-27)18(11-16)23(24,25)26/h4-11,19H,12,14H2,1-3H3,(H,28,30)/t19-/m1/s1. The molecule has 0 spiro atoms. The van der Waals surface area contributed by atoms with E-state index in [1.54, 1.807) is 51.1 Å². The van der Waals surface area contributed by atoms with Gasteiger partial charge in [-0.2, -0.15) is 18.4 Å². The number of alkyl carbamates (subject to hydrolysis) is 1. The van der Waals surface area contributed by atoms with E-state index >= 15 is 0 Å². The molecule has 2 aromatic carbocycles. The summed E-state index contributed by atoms with van der Waals surface area (Å²) in [4.78, 5) is 24.9. The van der Waals surface area contributed by atoms with Gasteiger partial charge in [0.2, 0.25) is 0 Å². The van der Waals surface area contributed by atoms with Crippen LogP contribution in [-0.4, -0.2) is 23.7 Å². The zero-order valence-corrected chi connectivity index (χ0v) is 17.8. The summed E-state index contributed by atoms with van der Waals surface area (Å²) in [6.07, 6.45) is -5.95. The number of benzene rings is 2. The fraction of sp³-hybridized carbons (Fsp3) is 0.348. The summed E-state index contributed by atoms with van der Waals surface area (Å²) in [7, 11) is 0. The quantitative estimate of drug-likeness (QED) is 0.644. The number of hydrogen-bond acceptors (Lipinski definition) is 5. The van der Waals surface area contributed by atoms with Gasteiger partial charge in [0.25, 0.3) is 0 Å². The molecular weight excluding hydrogens is 425 g/mol. The van der Waals surface area contributed by atoms with Crippen LogP contribution in [0.1, 0.15) is 43.0 Å². The number of nitrogens with one attached hydrogen (secondary N) is 1. The van der Waals surface area contributed by atoms with Crippen molar-refractivity contribution in [2.24, 2.45) is 0 Å². The first-order chi connectivity index (χ1) is 14.9. The molecule has 0 aliphatic carbocycles. The van der Waals surface area contributed by atoms with Crippen molar-refractivity contribution >= 4 is 12.1 Å². The zero-order chi connectivity index (χ0) is 23.9. The Bertz CT molecular complexity index is 993. The van der Waals surface area contributed by atoms with Crippen LogP contribution in [0.3, 0.4) is 0 Å². The Kier molecular flexibility index (Phi) is 7.87. The summed E-state index contributed by atoms with van der Waals surface area (Å²) < 4.78 is 50.3. The van der Waals surface area contributed by atoms with Crippen molar-refractivity contribution < 1.29 is 32.2 Å². The van der Waals surface area contributed by atoms with Gasteiger partial charge < -0.3 is 14.8 Å². The summed E-state index contributed by atoms with van der Waals surface area (Å²) in [6.45, 7) is 4.82. The lowest BCUT2D eigenvalue weighted by Gasteiger charge is -2.23. The molecule has 1 atom stereocenters. The Hall–Kier alpha value is -3.54. The van der Waals surface area contributed by atoms with Crippen molar-refractivity contribution in [1.29, 1.82) is 5.26 Å². The molecule has 6 nitrogen and oxygen atoms in total. The monoisotopic (exact) mass is 448 g/mol. The van der Waals surface area contributed by atoms with Crippen molar-refractivity contribution in [2.75, 3.05) is 0 Å². The number of carbonyl (C=O) groups is 2. The second-order valence-corrected chi connectivity index (χ2v) is 7.99. The van der Waals surface area contributed by atoms with Crippen LogP contribution in [0.25, 0.3) is 0 Å². The predicted octanol–water partition coefficient (Wildman–Crippen LogP) is 4.76. The molecule has 0 saturated carbocycles. The first-order valence-electron chi connectivity index (χ1n) is 9.69. The highest BCUT2D eigenvalue weighted by Gasteiger charge is 2.34. The number of halogens is 3. The number of rotatable bonds is 6. The van der Waals surface area contributed by atoms with Crippen LogP contribution in [0.15, 0.2) is 48.5 Å². The second-order valence-electron chi connectivity index (χ2n) is 7.99. The number of esters is 1. The molecule has 2 aromatic rings. The number of nitriles is 1. The summed E-state index contributed by atoms with van der Waals surface area (Å²) in [5, 5.41) is 11.3. The maximum atomic E-state index is 13.3. The van der Waals surface area contributed by atoms with Gasteiger partial charge in [0, 0.05) is 6.42 Å². The highest BCUT2D eigenvalue weighted by molar-refractivity contribution is 5.81. The lowest BCUT2D eigenvalue weighted by atomic mass is 9.99. The van der Waals surface area contributed by atoms with Gasteiger partial charge in [0.15, 0.2) is 0 Å². The van der Waals surface area contributed by atoms with Gasteiger partial charge in [-0.15, -0.1) is 0 Å². The second kappa shape index (κ2) is 10.2. The molecule has 32 heavy (non-hydrogen) atoms. The lowest BCUT2D eigenvalue weighted by Crippen LogP contribution is -2.45. The van der Waals surface area contributed by atoms with Gasteiger partial charge >= 0.3 is 18.2 Å². The summed E-state index contributed by atoms with van der Waals surface area (Å²) in [6, 6.07) is 12.1. The predicted molar refractivity (Wildman–Crippen MR) is 109 cm³/mol. The van der Waals surface area contributed by atoms with Gasteiger partial charge in [-0.3, -0.25) is 0 Å². The minimum atomic E-state index is -4.75. The maximum absolute atomic E-state index is 13.3. The molecular formula is C23H23F3N2O4. The van der Waals surface area contributed by atoms with Crippen molar-refractivity contribution in [2.45, 2.75) is 51.6 Å². The molecule has 0 aromatic heterocycles. The number of nitrogens with zero attached hydrogens (tertiary/aromatic N) is 1. The third-order valence-electron chi connectivity index (χ3n) is 4.15. The Labute approximate surface area is 183 Å². The summed E-state index contributed by atoms with van der Waals surface area (Å²) in [5.41, 5.74) is -1.71. The van der Waals surface area contributed by atoms with Gasteiger partial charge in [-0.05, 0) is 44.0 Å². The van der Waals surface area contributed by atoms with E-state index in [1.807, 2.05) is 0 Å². The van der Waals surface area contributed by atoms with E-state index in [0.29, 0.717) is 5.56 Å². The molecule has 0 fully saturated rings. The number of carbonyl (C=O) groups excluding carboxylic acids is 2. The molecule has 0 bridgehead atoms. The van der Waals surface area contributed by atoms with Gasteiger partial charge in [-0.25, -0.2) is 9.59 Å². The van der Waals surface area contributed by atoms with E-state index in [4.69, 9.17) is 14.7 Å². The largest absolute Gasteiger partial charge is 0.459 e. The summed E-state index contributed by atoms with van der Waals surface area (Å²) in [5.74, 6) is -0.836. The molecule has 2 rings (SSSR count). The average molecular weight is 448 g/mol. The Balaban J connectivity index is 2.24. The van der Waals surface area contributed by atoms with Gasteiger partial charge in [-0.1, -0.05) is 36.4 Å². The Morgan fingerprint density at radius 3 is 2.28 bits per heavy atom. The topological polar surface area (TPSA) is 88.4 Å². The first kappa shape index (κ1) is 24.7. The molecule has 0 saturated heterocycles. The van der Waals surface area contributed by atoms with E-state index in [2.05, 4.69) is 5.32 Å². The maximum Gasteiger partial charge on any atom is 0.417 e. The van der Waals surface area contributed by atoms with Crippen molar-refractivity contribution in [1.82, 2.24) is 5.32 Å². The number of ether oxygens (including phenoxy) is 2. The Morgan fingerprint density at radius 1 is 1.06 bits per heavy atom. The van der Waals surface area contributed by atoms with Crippen LogP contribution in [0.5, 0.6) is 0 Å². The van der Waals surface area contributed by atoms with Crippen LogP contribution in [0, 0.1) is 11.3 Å². The minimum Gasteiger partial charge on any atom is -0.459 e. The zero-order valence-electron chi connectivity index (χ0n) is 17.8. The molecule has 170 valence electrons. The normalized spacial score (nSPS) is 12.4. The van der Waals surface area contributed by atoms with Crippen LogP contribution < -0.4 is 5.32 Å². The van der Waals surface area contributed by atoms with Crippen LogP contribution in [-0.2, 0) is 33.5 Å². The third-order valence-corrected chi connectivity index (χ3v) is 4.15. The van der Waals surface area contributed by atoms with Gasteiger partial charge in [0.05, 0.1) is 17.2 Å². The molecule has 1 amide bonds. The number of amides is 1. The molecule has 9 heteroatoms. The van der Waals surface area contributed by atoms with E-state index in [-0.39, 0.29) is 18.6 Å². The highest BCUT2D eigenvalue weighted by Crippen LogP contribution is 2.32. The van der Waals surface area contributed by atoms with E-state index in [9.17, 15) is 22.8 Å². The average Bonchev–Trinajstić information content (AvgIpc) is 2.70. The minimum absolute atomic E-state index is 0.0760. The fourth-order valence-electron chi connectivity index (χ4n) is 2.76. The lowest BCUT2D eigenvalue weighted by molar-refractivity contribution is -0.147. The number of alkyl halides is 3. The van der Waals surface area contributed by atoms with Crippen molar-refractivity contribution in [3.8, 4) is 6.07 Å². The number of hydrogen-bond donors (Lipinski definition) is 1. The highest BCUT2D eigenvalue weighted by atomic mass is 19.4. The third kappa shape index (κ3) is 7.61. The smallest absolute Gasteiger partial charge is 0.417 e. The van der Waals surface area contributed by atoms with Crippen LogP contribution >= 0.6 is 0 Å².